The van der Waals surface area contributed by atoms with Gasteiger partial charge < -0.3 is 9.84 Å². The van der Waals surface area contributed by atoms with Gasteiger partial charge in [0.05, 0.1) is 11.0 Å². The van der Waals surface area contributed by atoms with Crippen LogP contribution in [0, 0.1) is 0 Å². The van der Waals surface area contributed by atoms with Gasteiger partial charge in [0.2, 0.25) is 0 Å². The van der Waals surface area contributed by atoms with Crippen LogP contribution >= 0.6 is 0 Å². The van der Waals surface area contributed by atoms with Gasteiger partial charge in [0.25, 0.3) is 0 Å². The molecule has 1 aliphatic carbocycles. The molecule has 3 nitrogen and oxygen atoms in total. The molecule has 0 aliphatic heterocycles. The highest BCUT2D eigenvalue weighted by Crippen LogP contribution is 2.48. The third-order valence-electron chi connectivity index (χ3n) is 3.80. The number of carbonyl (C=O) groups is 1. The molecule has 17 heavy (non-hydrogen) atoms. The Bertz CT molecular complexity index is 427. The standard InChI is InChI=1S/C14H18O3/c1-13(2,17-3)10-4-6-11(7-5-10)14(8-9-14)12(15)16/h4-7H,8-9H2,1-3H3,(H,15,16). The van der Waals surface area contributed by atoms with Crippen molar-refractivity contribution in [2.45, 2.75) is 37.7 Å². The zero-order chi connectivity index (χ0) is 12.7. The SMILES string of the molecule is COC(C)(C)c1ccc(C2(C(=O)O)CC2)cc1. The second-order valence-electron chi connectivity index (χ2n) is 5.18. The zero-order valence-electron chi connectivity index (χ0n) is 10.5. The summed E-state index contributed by atoms with van der Waals surface area (Å²) in [5.74, 6) is -0.712. The fourth-order valence-corrected chi connectivity index (χ4v) is 2.06. The molecule has 1 aliphatic rings. The number of ether oxygens (including phenoxy) is 1. The van der Waals surface area contributed by atoms with Crippen molar-refractivity contribution in [3.63, 3.8) is 0 Å². The van der Waals surface area contributed by atoms with E-state index in [1.807, 2.05) is 38.1 Å². The molecule has 0 saturated heterocycles. The van der Waals surface area contributed by atoms with E-state index in [4.69, 9.17) is 4.74 Å². The number of benzene rings is 1. The summed E-state index contributed by atoms with van der Waals surface area (Å²) >= 11 is 0. The molecule has 2 rings (SSSR count). The first kappa shape index (κ1) is 12.1. The number of aliphatic carboxylic acids is 1. The normalized spacial score (nSPS) is 17.8. The summed E-state index contributed by atoms with van der Waals surface area (Å²) in [5, 5.41) is 9.21. The summed E-state index contributed by atoms with van der Waals surface area (Å²) in [7, 11) is 1.67. The van der Waals surface area contributed by atoms with Gasteiger partial charge in [0.1, 0.15) is 0 Å². The summed E-state index contributed by atoms with van der Waals surface area (Å²) in [4.78, 5) is 11.2. The molecule has 0 heterocycles. The van der Waals surface area contributed by atoms with E-state index >= 15 is 0 Å². The Kier molecular flexibility index (Phi) is 2.74. The second kappa shape index (κ2) is 3.84. The molecular formula is C14H18O3. The van der Waals surface area contributed by atoms with Crippen molar-refractivity contribution >= 4 is 5.97 Å². The first-order valence-corrected chi connectivity index (χ1v) is 5.82. The van der Waals surface area contributed by atoms with Gasteiger partial charge >= 0.3 is 5.97 Å². The van der Waals surface area contributed by atoms with Gasteiger partial charge in [-0.1, -0.05) is 24.3 Å². The van der Waals surface area contributed by atoms with E-state index in [0.717, 1.165) is 24.0 Å². The van der Waals surface area contributed by atoms with Gasteiger partial charge in [0.15, 0.2) is 0 Å². The highest BCUT2D eigenvalue weighted by molar-refractivity contribution is 5.84. The quantitative estimate of drug-likeness (QED) is 0.871. The lowest BCUT2D eigenvalue weighted by Crippen LogP contribution is -2.21. The Balaban J connectivity index is 2.28. The predicted octanol–water partition coefficient (Wildman–Crippen LogP) is 2.68. The minimum atomic E-state index is -0.712. The van der Waals surface area contributed by atoms with Gasteiger partial charge in [-0.3, -0.25) is 4.79 Å². The molecule has 92 valence electrons. The van der Waals surface area contributed by atoms with Crippen LogP contribution in [0.25, 0.3) is 0 Å². The molecule has 0 radical (unpaired) electrons. The number of hydrogen-bond acceptors (Lipinski definition) is 2. The molecule has 0 amide bonds. The van der Waals surface area contributed by atoms with Gasteiger partial charge in [-0.15, -0.1) is 0 Å². The number of carboxylic acids is 1. The van der Waals surface area contributed by atoms with Crippen molar-refractivity contribution in [2.24, 2.45) is 0 Å². The van der Waals surface area contributed by atoms with E-state index in [2.05, 4.69) is 0 Å². The largest absolute Gasteiger partial charge is 0.481 e. The van der Waals surface area contributed by atoms with Crippen LogP contribution < -0.4 is 0 Å². The van der Waals surface area contributed by atoms with Crippen LogP contribution in [0.5, 0.6) is 0 Å². The van der Waals surface area contributed by atoms with E-state index in [9.17, 15) is 9.90 Å². The highest BCUT2D eigenvalue weighted by Gasteiger charge is 2.51. The molecule has 0 atom stereocenters. The van der Waals surface area contributed by atoms with E-state index in [1.165, 1.54) is 0 Å². The Morgan fingerprint density at radius 1 is 1.29 bits per heavy atom. The maximum Gasteiger partial charge on any atom is 0.314 e. The molecule has 1 aromatic rings. The number of carboxylic acid groups (broad SMARTS) is 1. The van der Waals surface area contributed by atoms with Gasteiger partial charge in [-0.2, -0.15) is 0 Å². The van der Waals surface area contributed by atoms with Crippen molar-refractivity contribution in [3.05, 3.63) is 35.4 Å². The first-order chi connectivity index (χ1) is 7.92. The molecule has 1 saturated carbocycles. The molecule has 1 aromatic carbocycles. The maximum absolute atomic E-state index is 11.2. The van der Waals surface area contributed by atoms with Crippen LogP contribution in [0.3, 0.4) is 0 Å². The Morgan fingerprint density at radius 2 is 1.82 bits per heavy atom. The van der Waals surface area contributed by atoms with Crippen molar-refractivity contribution in [1.82, 2.24) is 0 Å². The van der Waals surface area contributed by atoms with Crippen LogP contribution in [-0.2, 0) is 20.5 Å². The number of rotatable bonds is 4. The molecule has 0 bridgehead atoms. The zero-order valence-corrected chi connectivity index (χ0v) is 10.5. The van der Waals surface area contributed by atoms with E-state index in [-0.39, 0.29) is 5.60 Å². The minimum Gasteiger partial charge on any atom is -0.481 e. The van der Waals surface area contributed by atoms with Crippen LogP contribution in [0.15, 0.2) is 24.3 Å². The second-order valence-corrected chi connectivity index (χ2v) is 5.18. The van der Waals surface area contributed by atoms with Crippen molar-refractivity contribution < 1.29 is 14.6 Å². The van der Waals surface area contributed by atoms with Crippen LogP contribution in [0.2, 0.25) is 0 Å². The fourth-order valence-electron chi connectivity index (χ4n) is 2.06. The van der Waals surface area contributed by atoms with Crippen LogP contribution in [0.1, 0.15) is 37.8 Å². The average Bonchev–Trinajstić information content (AvgIpc) is 3.10. The van der Waals surface area contributed by atoms with Gasteiger partial charge in [-0.05, 0) is 37.8 Å². The molecule has 1 fully saturated rings. The van der Waals surface area contributed by atoms with E-state index in [0.29, 0.717) is 0 Å². The van der Waals surface area contributed by atoms with Crippen molar-refractivity contribution in [1.29, 1.82) is 0 Å². The Labute approximate surface area is 101 Å². The summed E-state index contributed by atoms with van der Waals surface area (Å²) in [5.41, 5.74) is 1.01. The minimum absolute atomic E-state index is 0.335. The molecule has 1 N–H and O–H groups in total. The summed E-state index contributed by atoms with van der Waals surface area (Å²) in [6, 6.07) is 7.75. The van der Waals surface area contributed by atoms with Crippen LogP contribution in [0.4, 0.5) is 0 Å². The van der Waals surface area contributed by atoms with Gasteiger partial charge in [0, 0.05) is 7.11 Å². The fraction of sp³-hybridized carbons (Fsp3) is 0.500. The monoisotopic (exact) mass is 234 g/mol. The third kappa shape index (κ3) is 1.95. The van der Waals surface area contributed by atoms with E-state index in [1.54, 1.807) is 7.11 Å². The smallest absolute Gasteiger partial charge is 0.314 e. The molecule has 0 spiro atoms. The molecule has 0 aromatic heterocycles. The molecule has 0 unspecified atom stereocenters. The topological polar surface area (TPSA) is 46.5 Å². The van der Waals surface area contributed by atoms with E-state index < -0.39 is 11.4 Å². The molecule has 3 heteroatoms. The number of hydrogen-bond donors (Lipinski definition) is 1. The Hall–Kier alpha value is -1.35. The lowest BCUT2D eigenvalue weighted by Gasteiger charge is -2.24. The third-order valence-corrected chi connectivity index (χ3v) is 3.80. The predicted molar refractivity (Wildman–Crippen MR) is 65.0 cm³/mol. The maximum atomic E-state index is 11.2. The number of methoxy groups -OCH3 is 1. The highest BCUT2D eigenvalue weighted by atomic mass is 16.5. The molecular weight excluding hydrogens is 216 g/mol. The lowest BCUT2D eigenvalue weighted by atomic mass is 9.91. The summed E-state index contributed by atoms with van der Waals surface area (Å²) in [6.45, 7) is 3.98. The van der Waals surface area contributed by atoms with Crippen molar-refractivity contribution in [2.75, 3.05) is 7.11 Å². The van der Waals surface area contributed by atoms with Gasteiger partial charge in [-0.25, -0.2) is 0 Å². The summed E-state index contributed by atoms with van der Waals surface area (Å²) in [6.07, 6.45) is 1.49. The Morgan fingerprint density at radius 3 is 2.18 bits per heavy atom. The lowest BCUT2D eigenvalue weighted by molar-refractivity contribution is -0.140. The van der Waals surface area contributed by atoms with Crippen molar-refractivity contribution in [3.8, 4) is 0 Å². The first-order valence-electron chi connectivity index (χ1n) is 5.82. The average molecular weight is 234 g/mol. The summed E-state index contributed by atoms with van der Waals surface area (Å²) < 4.78 is 5.40. The van der Waals surface area contributed by atoms with Crippen LogP contribution in [-0.4, -0.2) is 18.2 Å².